The number of ether oxygens (including phenoxy) is 1. The fourth-order valence-electron chi connectivity index (χ4n) is 1.89. The molecule has 1 unspecified atom stereocenters. The zero-order valence-electron chi connectivity index (χ0n) is 10.5. The van der Waals surface area contributed by atoms with Gasteiger partial charge in [-0.25, -0.2) is 0 Å². The lowest BCUT2D eigenvalue weighted by Gasteiger charge is -2.21. The minimum Gasteiger partial charge on any atom is -0.385 e. The normalized spacial score (nSPS) is 18.4. The van der Waals surface area contributed by atoms with Crippen LogP contribution in [0.5, 0.6) is 0 Å². The molecule has 0 saturated heterocycles. The molecule has 1 aliphatic rings. The monoisotopic (exact) mass is 214 g/mol. The number of hydrogen-bond donors (Lipinski definition) is 1. The number of methoxy groups -OCH3 is 1. The van der Waals surface area contributed by atoms with Crippen molar-refractivity contribution in [3.05, 3.63) is 0 Å². The molecule has 1 fully saturated rings. The van der Waals surface area contributed by atoms with E-state index >= 15 is 0 Å². The Balaban J connectivity index is 1.98. The Kier molecular flexibility index (Phi) is 6.22. The van der Waals surface area contributed by atoms with Crippen molar-refractivity contribution in [3.8, 4) is 0 Å². The van der Waals surface area contributed by atoms with Crippen LogP contribution in [0.25, 0.3) is 0 Å². The Bertz CT molecular complexity index is 160. The molecule has 0 spiro atoms. The van der Waals surface area contributed by atoms with Crippen molar-refractivity contribution in [2.24, 2.45) is 0 Å². The molecule has 0 heterocycles. The lowest BCUT2D eigenvalue weighted by Crippen LogP contribution is -2.37. The Labute approximate surface area is 94.2 Å². The van der Waals surface area contributed by atoms with Crippen molar-refractivity contribution in [1.29, 1.82) is 0 Å². The van der Waals surface area contributed by atoms with E-state index in [2.05, 4.69) is 24.1 Å². The number of hydrogen-bond acceptors (Lipinski definition) is 3. The van der Waals surface area contributed by atoms with Gasteiger partial charge in [-0.05, 0) is 32.7 Å². The van der Waals surface area contributed by atoms with E-state index < -0.39 is 0 Å². The average molecular weight is 214 g/mol. The summed E-state index contributed by atoms with van der Waals surface area (Å²) in [6.45, 7) is 8.83. The lowest BCUT2D eigenvalue weighted by molar-refractivity contribution is 0.183. The zero-order chi connectivity index (χ0) is 11.1. The predicted octanol–water partition coefficient (Wildman–Crippen LogP) is 1.49. The van der Waals surface area contributed by atoms with E-state index in [1.807, 2.05) is 0 Å². The van der Waals surface area contributed by atoms with Crippen LogP contribution in [0.4, 0.5) is 0 Å². The second kappa shape index (κ2) is 7.20. The molecular formula is C12H26N2O. The largest absolute Gasteiger partial charge is 0.385 e. The summed E-state index contributed by atoms with van der Waals surface area (Å²) in [4.78, 5) is 2.58. The van der Waals surface area contributed by atoms with E-state index in [1.54, 1.807) is 7.11 Å². The second-order valence-corrected chi connectivity index (χ2v) is 4.50. The van der Waals surface area contributed by atoms with E-state index in [0.717, 1.165) is 25.6 Å². The van der Waals surface area contributed by atoms with Crippen LogP contribution in [0.15, 0.2) is 0 Å². The van der Waals surface area contributed by atoms with Gasteiger partial charge in [0.25, 0.3) is 0 Å². The molecule has 3 heteroatoms. The third-order valence-electron chi connectivity index (χ3n) is 3.12. The summed E-state index contributed by atoms with van der Waals surface area (Å²) in [7, 11) is 1.76. The molecule has 0 aromatic carbocycles. The zero-order valence-corrected chi connectivity index (χ0v) is 10.5. The van der Waals surface area contributed by atoms with Crippen molar-refractivity contribution in [1.82, 2.24) is 10.2 Å². The molecule has 0 aliphatic heterocycles. The summed E-state index contributed by atoms with van der Waals surface area (Å²) in [6.07, 6.45) is 3.92. The molecule has 0 radical (unpaired) electrons. The smallest absolute Gasteiger partial charge is 0.0476 e. The molecule has 0 aromatic rings. The summed E-state index contributed by atoms with van der Waals surface area (Å²) in [5, 5.41) is 3.54. The van der Waals surface area contributed by atoms with Crippen molar-refractivity contribution in [2.75, 3.05) is 33.4 Å². The van der Waals surface area contributed by atoms with E-state index in [9.17, 15) is 0 Å². The van der Waals surface area contributed by atoms with Gasteiger partial charge in [0.2, 0.25) is 0 Å². The summed E-state index contributed by atoms with van der Waals surface area (Å²) in [6, 6.07) is 1.47. The van der Waals surface area contributed by atoms with Crippen LogP contribution in [0.2, 0.25) is 0 Å². The van der Waals surface area contributed by atoms with Crippen LogP contribution in [0, 0.1) is 0 Å². The predicted molar refractivity (Wildman–Crippen MR) is 64.2 cm³/mol. The van der Waals surface area contributed by atoms with Crippen LogP contribution < -0.4 is 5.32 Å². The van der Waals surface area contributed by atoms with Crippen molar-refractivity contribution in [3.63, 3.8) is 0 Å². The van der Waals surface area contributed by atoms with Gasteiger partial charge in [-0.1, -0.05) is 6.92 Å². The Morgan fingerprint density at radius 1 is 1.47 bits per heavy atom. The second-order valence-electron chi connectivity index (χ2n) is 4.50. The maximum absolute atomic E-state index is 5.06. The fraction of sp³-hybridized carbons (Fsp3) is 1.00. The maximum Gasteiger partial charge on any atom is 0.0476 e. The average Bonchev–Trinajstić information content (AvgIpc) is 3.05. The van der Waals surface area contributed by atoms with Crippen LogP contribution in [0.3, 0.4) is 0 Å². The van der Waals surface area contributed by atoms with Gasteiger partial charge in [0.05, 0.1) is 0 Å². The van der Waals surface area contributed by atoms with E-state index in [4.69, 9.17) is 4.74 Å². The van der Waals surface area contributed by atoms with Crippen molar-refractivity contribution in [2.45, 2.75) is 45.2 Å². The number of nitrogens with zero attached hydrogens (tertiary/aromatic N) is 1. The number of likely N-dealkylation sites (N-methyl/N-ethyl adjacent to an activating group) is 1. The first-order chi connectivity index (χ1) is 7.27. The highest BCUT2D eigenvalue weighted by molar-refractivity contribution is 4.84. The highest BCUT2D eigenvalue weighted by Crippen LogP contribution is 2.25. The van der Waals surface area contributed by atoms with Gasteiger partial charge in [-0.3, -0.25) is 4.90 Å². The summed E-state index contributed by atoms with van der Waals surface area (Å²) in [5.74, 6) is 0. The first-order valence-corrected chi connectivity index (χ1v) is 6.24. The van der Waals surface area contributed by atoms with E-state index in [-0.39, 0.29) is 0 Å². The minimum absolute atomic E-state index is 0.572. The molecule has 1 aliphatic carbocycles. The molecule has 15 heavy (non-hydrogen) atoms. The molecule has 1 atom stereocenters. The van der Waals surface area contributed by atoms with E-state index in [1.165, 1.54) is 25.9 Å². The first-order valence-electron chi connectivity index (χ1n) is 6.24. The van der Waals surface area contributed by atoms with Crippen LogP contribution in [0.1, 0.15) is 33.1 Å². The topological polar surface area (TPSA) is 24.5 Å². The molecule has 1 saturated carbocycles. The third-order valence-corrected chi connectivity index (χ3v) is 3.12. The summed E-state index contributed by atoms with van der Waals surface area (Å²) in [5.41, 5.74) is 0. The third kappa shape index (κ3) is 5.50. The van der Waals surface area contributed by atoms with Gasteiger partial charge in [0.1, 0.15) is 0 Å². The molecule has 90 valence electrons. The molecule has 3 nitrogen and oxygen atoms in total. The van der Waals surface area contributed by atoms with Crippen LogP contribution >= 0.6 is 0 Å². The number of rotatable bonds is 9. The Morgan fingerprint density at radius 2 is 2.20 bits per heavy atom. The van der Waals surface area contributed by atoms with Gasteiger partial charge in [0, 0.05) is 38.9 Å². The first kappa shape index (κ1) is 12.9. The summed E-state index contributed by atoms with van der Waals surface area (Å²) >= 11 is 0. The van der Waals surface area contributed by atoms with Gasteiger partial charge >= 0.3 is 0 Å². The highest BCUT2D eigenvalue weighted by Gasteiger charge is 2.27. The van der Waals surface area contributed by atoms with Gasteiger partial charge in [-0.2, -0.15) is 0 Å². The maximum atomic E-state index is 5.06. The van der Waals surface area contributed by atoms with Crippen molar-refractivity contribution >= 4 is 0 Å². The van der Waals surface area contributed by atoms with Gasteiger partial charge < -0.3 is 10.1 Å². The summed E-state index contributed by atoms with van der Waals surface area (Å²) < 4.78 is 5.06. The Morgan fingerprint density at radius 3 is 2.73 bits per heavy atom. The minimum atomic E-state index is 0.572. The quantitative estimate of drug-likeness (QED) is 0.629. The van der Waals surface area contributed by atoms with Crippen LogP contribution in [-0.2, 0) is 4.74 Å². The molecule has 0 amide bonds. The Hall–Kier alpha value is -0.120. The molecular weight excluding hydrogens is 188 g/mol. The molecule has 1 rings (SSSR count). The molecule has 0 bridgehead atoms. The van der Waals surface area contributed by atoms with Gasteiger partial charge in [-0.15, -0.1) is 0 Å². The van der Waals surface area contributed by atoms with Crippen LogP contribution in [-0.4, -0.2) is 50.3 Å². The van der Waals surface area contributed by atoms with E-state index in [0.29, 0.717) is 6.04 Å². The van der Waals surface area contributed by atoms with Crippen molar-refractivity contribution < 1.29 is 4.74 Å². The molecule has 1 N–H and O–H groups in total. The lowest BCUT2D eigenvalue weighted by atomic mass is 10.2. The SMILES string of the molecule is CCN(CCNC(C)CCOC)C1CC1. The fourth-order valence-corrected chi connectivity index (χ4v) is 1.89. The standard InChI is InChI=1S/C12H26N2O/c1-4-14(12-5-6-12)9-8-13-11(2)7-10-15-3/h11-13H,4-10H2,1-3H3. The number of nitrogens with one attached hydrogen (secondary N) is 1. The van der Waals surface area contributed by atoms with Gasteiger partial charge in [0.15, 0.2) is 0 Å². The molecule has 0 aromatic heterocycles. The highest BCUT2D eigenvalue weighted by atomic mass is 16.5.